The Labute approximate surface area is 98.9 Å². The van der Waals surface area contributed by atoms with E-state index in [0.717, 1.165) is 11.4 Å². The molecule has 3 aromatic rings. The first-order valence-corrected chi connectivity index (χ1v) is 5.44. The maximum Gasteiger partial charge on any atom is 0.138 e. The van der Waals surface area contributed by atoms with Gasteiger partial charge in [0, 0.05) is 11.8 Å². The van der Waals surface area contributed by atoms with Crippen molar-refractivity contribution in [2.75, 3.05) is 0 Å². The minimum absolute atomic E-state index is 1.01. The van der Waals surface area contributed by atoms with E-state index in [4.69, 9.17) is 0 Å². The quantitative estimate of drug-likeness (QED) is 0.727. The molecule has 0 spiro atoms. The molecule has 2 aromatic heterocycles. The van der Waals surface area contributed by atoms with Crippen LogP contribution in [0.2, 0.25) is 0 Å². The van der Waals surface area contributed by atoms with Gasteiger partial charge in [0.1, 0.15) is 12.7 Å². The van der Waals surface area contributed by atoms with Crippen LogP contribution in [-0.2, 0) is 0 Å². The third-order valence-corrected chi connectivity index (χ3v) is 2.80. The predicted molar refractivity (Wildman–Crippen MR) is 65.9 cm³/mol. The Kier molecular flexibility index (Phi) is 2.26. The van der Waals surface area contributed by atoms with Crippen LogP contribution in [0.4, 0.5) is 0 Å². The Morgan fingerprint density at radius 3 is 2.82 bits per heavy atom. The zero-order chi connectivity index (χ0) is 11.7. The molecule has 3 rings (SSSR count). The monoisotopic (exact) mass is 224 g/mol. The van der Waals surface area contributed by atoms with Crippen molar-refractivity contribution in [3.05, 3.63) is 54.7 Å². The molecule has 0 aliphatic rings. The summed E-state index contributed by atoms with van der Waals surface area (Å²) < 4.78 is 1.76. The highest BCUT2D eigenvalue weighted by atomic mass is 15.3. The maximum atomic E-state index is 4.16. The second-order valence-electron chi connectivity index (χ2n) is 3.89. The molecule has 0 bridgehead atoms. The highest BCUT2D eigenvalue weighted by Crippen LogP contribution is 2.27. The summed E-state index contributed by atoms with van der Waals surface area (Å²) in [5.74, 6) is 0. The first kappa shape index (κ1) is 9.84. The van der Waals surface area contributed by atoms with Gasteiger partial charge >= 0.3 is 0 Å². The first-order valence-electron chi connectivity index (χ1n) is 5.44. The van der Waals surface area contributed by atoms with Crippen molar-refractivity contribution in [1.29, 1.82) is 0 Å². The maximum absolute atomic E-state index is 4.16. The van der Waals surface area contributed by atoms with Crippen LogP contribution < -0.4 is 0 Å². The molecule has 0 saturated carbocycles. The number of aryl methyl sites for hydroxylation is 1. The minimum Gasteiger partial charge on any atom is -0.359 e. The normalized spacial score (nSPS) is 10.6. The molecular weight excluding hydrogens is 212 g/mol. The average molecular weight is 224 g/mol. The van der Waals surface area contributed by atoms with Gasteiger partial charge in [-0.2, -0.15) is 5.10 Å². The zero-order valence-corrected chi connectivity index (χ0v) is 9.46. The summed E-state index contributed by atoms with van der Waals surface area (Å²) >= 11 is 0. The number of aromatic nitrogens is 4. The summed E-state index contributed by atoms with van der Waals surface area (Å²) in [6.45, 7) is 2.10. The SMILES string of the molecule is Cc1ccccc1-c1[nH]ccc1-n1cncn1. The standard InChI is InChI=1S/C13H12N4/c1-10-4-2-3-5-11(10)13-12(6-7-15-13)17-9-14-8-16-17/h2-9,15H,1H3. The van der Waals surface area contributed by atoms with E-state index in [0.29, 0.717) is 0 Å². The lowest BCUT2D eigenvalue weighted by atomic mass is 10.1. The van der Waals surface area contributed by atoms with Gasteiger partial charge in [0.05, 0.1) is 11.4 Å². The molecular formula is C13H12N4. The molecule has 0 radical (unpaired) electrons. The van der Waals surface area contributed by atoms with Gasteiger partial charge in [-0.05, 0) is 18.6 Å². The van der Waals surface area contributed by atoms with Crippen LogP contribution >= 0.6 is 0 Å². The Balaban J connectivity index is 2.17. The molecule has 0 fully saturated rings. The Hall–Kier alpha value is -2.36. The molecule has 1 aromatic carbocycles. The highest BCUT2D eigenvalue weighted by Gasteiger charge is 2.10. The van der Waals surface area contributed by atoms with Crippen LogP contribution in [0.15, 0.2) is 49.2 Å². The summed E-state index contributed by atoms with van der Waals surface area (Å²) in [5.41, 5.74) is 4.49. The summed E-state index contributed by atoms with van der Waals surface area (Å²) in [7, 11) is 0. The lowest BCUT2D eigenvalue weighted by Crippen LogP contribution is -1.95. The minimum atomic E-state index is 1.01. The van der Waals surface area contributed by atoms with Gasteiger partial charge in [0.2, 0.25) is 0 Å². The van der Waals surface area contributed by atoms with Crippen LogP contribution in [0.3, 0.4) is 0 Å². The van der Waals surface area contributed by atoms with Gasteiger partial charge in [-0.15, -0.1) is 0 Å². The van der Waals surface area contributed by atoms with Gasteiger partial charge in [-0.3, -0.25) is 0 Å². The van der Waals surface area contributed by atoms with E-state index in [9.17, 15) is 0 Å². The van der Waals surface area contributed by atoms with Crippen molar-refractivity contribution in [2.45, 2.75) is 6.92 Å². The third kappa shape index (κ3) is 1.63. The summed E-state index contributed by atoms with van der Waals surface area (Å²) in [6, 6.07) is 10.3. The molecule has 4 nitrogen and oxygen atoms in total. The fourth-order valence-corrected chi connectivity index (χ4v) is 1.95. The Bertz CT molecular complexity index is 622. The first-order chi connectivity index (χ1) is 8.36. The Morgan fingerprint density at radius 1 is 1.18 bits per heavy atom. The van der Waals surface area contributed by atoms with Gasteiger partial charge < -0.3 is 4.98 Å². The topological polar surface area (TPSA) is 46.5 Å². The number of aromatic amines is 1. The fraction of sp³-hybridized carbons (Fsp3) is 0.0769. The molecule has 0 saturated heterocycles. The van der Waals surface area contributed by atoms with E-state index in [-0.39, 0.29) is 0 Å². The van der Waals surface area contributed by atoms with E-state index >= 15 is 0 Å². The number of hydrogen-bond acceptors (Lipinski definition) is 2. The molecule has 0 aliphatic heterocycles. The highest BCUT2D eigenvalue weighted by molar-refractivity contribution is 5.71. The van der Waals surface area contributed by atoms with Crippen molar-refractivity contribution in [3.63, 3.8) is 0 Å². The molecule has 1 N–H and O–H groups in total. The number of H-pyrrole nitrogens is 1. The number of benzene rings is 1. The zero-order valence-electron chi connectivity index (χ0n) is 9.46. The third-order valence-electron chi connectivity index (χ3n) is 2.80. The van der Waals surface area contributed by atoms with Crippen molar-refractivity contribution in [1.82, 2.24) is 19.7 Å². The lowest BCUT2D eigenvalue weighted by Gasteiger charge is -2.06. The van der Waals surface area contributed by atoms with Crippen LogP contribution in [-0.4, -0.2) is 19.7 Å². The van der Waals surface area contributed by atoms with Crippen molar-refractivity contribution in [3.8, 4) is 16.9 Å². The lowest BCUT2D eigenvalue weighted by molar-refractivity contribution is 0.882. The summed E-state index contributed by atoms with van der Waals surface area (Å²) in [5, 5.41) is 4.16. The largest absolute Gasteiger partial charge is 0.359 e. The summed E-state index contributed by atoms with van der Waals surface area (Å²) in [6.07, 6.45) is 5.15. The molecule has 4 heteroatoms. The smallest absolute Gasteiger partial charge is 0.138 e. The van der Waals surface area contributed by atoms with Crippen molar-refractivity contribution < 1.29 is 0 Å². The van der Waals surface area contributed by atoms with Crippen LogP contribution in [0.25, 0.3) is 16.9 Å². The fourth-order valence-electron chi connectivity index (χ4n) is 1.95. The second-order valence-corrected chi connectivity index (χ2v) is 3.89. The van der Waals surface area contributed by atoms with Gasteiger partial charge in [-0.25, -0.2) is 9.67 Å². The van der Waals surface area contributed by atoms with Crippen molar-refractivity contribution >= 4 is 0 Å². The molecule has 17 heavy (non-hydrogen) atoms. The van der Waals surface area contributed by atoms with Crippen LogP contribution in [0.5, 0.6) is 0 Å². The molecule has 0 atom stereocenters. The van der Waals surface area contributed by atoms with Crippen molar-refractivity contribution in [2.24, 2.45) is 0 Å². The molecule has 84 valence electrons. The van der Waals surface area contributed by atoms with Crippen LogP contribution in [0.1, 0.15) is 5.56 Å². The molecule has 0 unspecified atom stereocenters. The number of hydrogen-bond donors (Lipinski definition) is 1. The second kappa shape index (κ2) is 3.90. The molecule has 0 aliphatic carbocycles. The van der Waals surface area contributed by atoms with E-state index in [1.54, 1.807) is 11.0 Å². The Morgan fingerprint density at radius 2 is 2.06 bits per heavy atom. The number of nitrogens with one attached hydrogen (secondary N) is 1. The van der Waals surface area contributed by atoms with Gasteiger partial charge in [0.25, 0.3) is 0 Å². The van der Waals surface area contributed by atoms with E-state index in [1.165, 1.54) is 17.5 Å². The number of rotatable bonds is 2. The van der Waals surface area contributed by atoms with Gasteiger partial charge in [0.15, 0.2) is 0 Å². The van der Waals surface area contributed by atoms with E-state index in [2.05, 4.69) is 34.1 Å². The summed E-state index contributed by atoms with van der Waals surface area (Å²) in [4.78, 5) is 7.24. The van der Waals surface area contributed by atoms with Gasteiger partial charge in [-0.1, -0.05) is 24.3 Å². The van der Waals surface area contributed by atoms with E-state index in [1.807, 2.05) is 24.4 Å². The molecule has 0 amide bonds. The van der Waals surface area contributed by atoms with Crippen LogP contribution in [0, 0.1) is 6.92 Å². The predicted octanol–water partition coefficient (Wildman–Crippen LogP) is 2.57. The molecule has 2 heterocycles. The number of nitrogens with zero attached hydrogens (tertiary/aromatic N) is 3. The van der Waals surface area contributed by atoms with E-state index < -0.39 is 0 Å². The average Bonchev–Trinajstić information content (AvgIpc) is 3.00.